The maximum absolute atomic E-state index is 14.1. The Bertz CT molecular complexity index is 1290. The monoisotopic (exact) mass is 494 g/mol. The molecule has 3 N–H and O–H groups in total. The number of nitrogens with one attached hydrogen (secondary N) is 3. The lowest BCUT2D eigenvalue weighted by Gasteiger charge is -2.18. The largest absolute Gasteiger partial charge is 0.496 e. The van der Waals surface area contributed by atoms with Crippen LogP contribution in [0.4, 0.5) is 20.2 Å². The van der Waals surface area contributed by atoms with E-state index >= 15 is 0 Å². The van der Waals surface area contributed by atoms with E-state index in [9.17, 15) is 18.4 Å². The molecular weight excluding hydrogens is 466 g/mol. The first-order valence-electron chi connectivity index (χ1n) is 11.3. The van der Waals surface area contributed by atoms with Crippen molar-refractivity contribution >= 4 is 28.9 Å². The van der Waals surface area contributed by atoms with Gasteiger partial charge in [-0.2, -0.15) is 0 Å². The van der Waals surface area contributed by atoms with Crippen molar-refractivity contribution in [2.45, 2.75) is 33.1 Å². The minimum absolute atomic E-state index is 0.113. The third-order valence-corrected chi connectivity index (χ3v) is 5.69. The van der Waals surface area contributed by atoms with Crippen LogP contribution >= 0.6 is 0 Å². The Hall–Kier alpha value is -4.14. The molecule has 0 saturated carbocycles. The van der Waals surface area contributed by atoms with Crippen LogP contribution in [0.15, 0.2) is 60.8 Å². The third kappa shape index (κ3) is 5.91. The zero-order valence-corrected chi connectivity index (χ0v) is 20.5. The molecule has 0 aliphatic rings. The highest BCUT2D eigenvalue weighted by Gasteiger charge is 2.31. The van der Waals surface area contributed by atoms with E-state index in [1.807, 2.05) is 19.1 Å². The standard InChI is InChI=1S/C27H28F2N4O3/c1-5-27(28,29)18-9-6-10-19(14-18)32-25(34)23(17(3)30)26(35)33-20-11-12-22(36-4)21(15-20)24-16(2)8-7-13-31-24/h6-15,23,30H,5H2,1-4H3,(H,32,34)(H,33,35). The van der Waals surface area contributed by atoms with E-state index in [4.69, 9.17) is 10.1 Å². The molecule has 1 heterocycles. The molecule has 9 heteroatoms. The van der Waals surface area contributed by atoms with Gasteiger partial charge in [0.1, 0.15) is 5.75 Å². The Morgan fingerprint density at radius 3 is 2.31 bits per heavy atom. The number of rotatable bonds is 9. The average Bonchev–Trinajstić information content (AvgIpc) is 2.84. The molecule has 36 heavy (non-hydrogen) atoms. The number of halogens is 2. The van der Waals surface area contributed by atoms with E-state index in [2.05, 4.69) is 15.6 Å². The Balaban J connectivity index is 1.84. The fourth-order valence-electron chi connectivity index (χ4n) is 3.71. The highest BCUT2D eigenvalue weighted by atomic mass is 19.3. The number of carbonyl (C=O) groups excluding carboxylic acids is 2. The molecule has 0 aliphatic heterocycles. The van der Waals surface area contributed by atoms with Gasteiger partial charge in [0.15, 0.2) is 5.92 Å². The van der Waals surface area contributed by atoms with Gasteiger partial charge in [0.2, 0.25) is 11.8 Å². The number of pyridine rings is 1. The van der Waals surface area contributed by atoms with Gasteiger partial charge in [-0.25, -0.2) is 8.78 Å². The number of benzene rings is 2. The minimum atomic E-state index is -3.05. The molecule has 1 atom stereocenters. The van der Waals surface area contributed by atoms with Crippen molar-refractivity contribution in [1.29, 1.82) is 5.41 Å². The van der Waals surface area contributed by atoms with Crippen LogP contribution in [0.3, 0.4) is 0 Å². The number of methoxy groups -OCH3 is 1. The summed E-state index contributed by atoms with van der Waals surface area (Å²) in [5.41, 5.74) is 2.27. The second kappa shape index (κ2) is 11.1. The number of alkyl halides is 2. The van der Waals surface area contributed by atoms with Crippen molar-refractivity contribution in [3.05, 3.63) is 71.9 Å². The van der Waals surface area contributed by atoms with Crippen LogP contribution in [0.1, 0.15) is 31.4 Å². The van der Waals surface area contributed by atoms with Crippen LogP contribution in [-0.2, 0) is 15.5 Å². The molecular formula is C27H28F2N4O3. The van der Waals surface area contributed by atoms with Crippen LogP contribution in [-0.4, -0.2) is 29.6 Å². The van der Waals surface area contributed by atoms with Gasteiger partial charge in [0.05, 0.1) is 12.8 Å². The summed E-state index contributed by atoms with van der Waals surface area (Å²) in [6.07, 6.45) is 1.26. The number of anilines is 2. The number of ether oxygens (including phenoxy) is 1. The highest BCUT2D eigenvalue weighted by Crippen LogP contribution is 2.34. The maximum atomic E-state index is 14.1. The Morgan fingerprint density at radius 2 is 1.72 bits per heavy atom. The van der Waals surface area contributed by atoms with Gasteiger partial charge in [0, 0.05) is 40.8 Å². The summed E-state index contributed by atoms with van der Waals surface area (Å²) < 4.78 is 33.6. The lowest BCUT2D eigenvalue weighted by molar-refractivity contribution is -0.126. The molecule has 3 rings (SSSR count). The summed E-state index contributed by atoms with van der Waals surface area (Å²) in [7, 11) is 1.53. The third-order valence-electron chi connectivity index (χ3n) is 5.69. The van der Waals surface area contributed by atoms with Crippen LogP contribution in [0.25, 0.3) is 11.3 Å². The first-order chi connectivity index (χ1) is 17.1. The molecule has 2 aromatic carbocycles. The topological polar surface area (TPSA) is 104 Å². The van der Waals surface area contributed by atoms with E-state index in [-0.39, 0.29) is 17.0 Å². The average molecular weight is 495 g/mol. The first kappa shape index (κ1) is 26.5. The highest BCUT2D eigenvalue weighted by molar-refractivity contribution is 6.24. The molecule has 0 fully saturated rings. The molecule has 0 saturated heterocycles. The number of aromatic nitrogens is 1. The number of carbonyl (C=O) groups is 2. The number of aryl methyl sites for hydroxylation is 1. The Labute approximate surface area is 208 Å². The molecule has 0 radical (unpaired) electrons. The van der Waals surface area contributed by atoms with Gasteiger partial charge in [-0.3, -0.25) is 14.6 Å². The predicted octanol–water partition coefficient (Wildman–Crippen LogP) is 5.80. The molecule has 0 aliphatic carbocycles. The molecule has 1 unspecified atom stereocenters. The summed E-state index contributed by atoms with van der Waals surface area (Å²) in [6.45, 7) is 4.60. The molecule has 0 spiro atoms. The quantitative estimate of drug-likeness (QED) is 0.258. The van der Waals surface area contributed by atoms with Crippen molar-refractivity contribution in [1.82, 2.24) is 4.98 Å². The van der Waals surface area contributed by atoms with Crippen molar-refractivity contribution < 1.29 is 23.1 Å². The van der Waals surface area contributed by atoms with Gasteiger partial charge in [-0.1, -0.05) is 25.1 Å². The minimum Gasteiger partial charge on any atom is -0.496 e. The molecule has 7 nitrogen and oxygen atoms in total. The molecule has 188 valence electrons. The zero-order valence-electron chi connectivity index (χ0n) is 20.5. The maximum Gasteiger partial charge on any atom is 0.273 e. The summed E-state index contributed by atoms with van der Waals surface area (Å²) in [6, 6.07) is 14.0. The number of amides is 2. The van der Waals surface area contributed by atoms with Crippen molar-refractivity contribution in [3.63, 3.8) is 0 Å². The van der Waals surface area contributed by atoms with Crippen LogP contribution in [0.2, 0.25) is 0 Å². The van der Waals surface area contributed by atoms with E-state index in [1.54, 1.807) is 24.4 Å². The Morgan fingerprint density at radius 1 is 1.06 bits per heavy atom. The van der Waals surface area contributed by atoms with E-state index in [0.717, 1.165) is 5.56 Å². The normalized spacial score (nSPS) is 11.9. The molecule has 0 bridgehead atoms. The van der Waals surface area contributed by atoms with Crippen LogP contribution in [0.5, 0.6) is 5.75 Å². The molecule has 2 amide bonds. The fraction of sp³-hybridized carbons (Fsp3) is 0.259. The van der Waals surface area contributed by atoms with Gasteiger partial charge < -0.3 is 20.8 Å². The zero-order chi connectivity index (χ0) is 26.5. The van der Waals surface area contributed by atoms with E-state index in [0.29, 0.717) is 22.7 Å². The SMILES string of the molecule is CCC(F)(F)c1cccc(NC(=O)C(C(C)=N)C(=O)Nc2ccc(OC)c(-c3ncccc3C)c2)c1. The van der Waals surface area contributed by atoms with Gasteiger partial charge in [0.25, 0.3) is 5.92 Å². The van der Waals surface area contributed by atoms with Crippen molar-refractivity contribution in [2.75, 3.05) is 17.7 Å². The Kier molecular flexibility index (Phi) is 8.14. The van der Waals surface area contributed by atoms with Gasteiger partial charge in [-0.15, -0.1) is 0 Å². The lowest BCUT2D eigenvalue weighted by Crippen LogP contribution is -2.38. The predicted molar refractivity (Wildman–Crippen MR) is 136 cm³/mol. The lowest BCUT2D eigenvalue weighted by atomic mass is 10.0. The smallest absolute Gasteiger partial charge is 0.273 e. The summed E-state index contributed by atoms with van der Waals surface area (Å²) in [5, 5.41) is 13.2. The van der Waals surface area contributed by atoms with E-state index < -0.39 is 30.1 Å². The van der Waals surface area contributed by atoms with Crippen molar-refractivity contribution in [3.8, 4) is 17.0 Å². The summed E-state index contributed by atoms with van der Waals surface area (Å²) >= 11 is 0. The van der Waals surface area contributed by atoms with Gasteiger partial charge in [-0.05, 0) is 55.8 Å². The molecule has 1 aromatic heterocycles. The number of hydrogen-bond donors (Lipinski definition) is 3. The van der Waals surface area contributed by atoms with Gasteiger partial charge >= 0.3 is 0 Å². The van der Waals surface area contributed by atoms with E-state index in [1.165, 1.54) is 45.2 Å². The first-order valence-corrected chi connectivity index (χ1v) is 11.3. The molecule has 3 aromatic rings. The number of nitrogens with zero attached hydrogens (tertiary/aromatic N) is 1. The van der Waals surface area contributed by atoms with Crippen LogP contribution in [0, 0.1) is 18.3 Å². The number of hydrogen-bond acceptors (Lipinski definition) is 5. The van der Waals surface area contributed by atoms with Crippen LogP contribution < -0.4 is 15.4 Å². The summed E-state index contributed by atoms with van der Waals surface area (Å²) in [5.74, 6) is -5.50. The fourth-order valence-corrected chi connectivity index (χ4v) is 3.71. The second-order valence-electron chi connectivity index (χ2n) is 8.32. The second-order valence-corrected chi connectivity index (χ2v) is 8.32. The summed E-state index contributed by atoms with van der Waals surface area (Å²) in [4.78, 5) is 30.4. The van der Waals surface area contributed by atoms with Crippen molar-refractivity contribution in [2.24, 2.45) is 5.92 Å².